The summed E-state index contributed by atoms with van der Waals surface area (Å²) < 4.78 is 4.40. The lowest BCUT2D eigenvalue weighted by atomic mass is 10.4. The molecule has 0 aromatic heterocycles. The highest BCUT2D eigenvalue weighted by molar-refractivity contribution is 5.90. The number of aliphatic carboxylic acids is 2. The van der Waals surface area contributed by atoms with Gasteiger partial charge in [-0.1, -0.05) is 6.58 Å². The molecule has 2 N–H and O–H groups in total. The van der Waals surface area contributed by atoms with Gasteiger partial charge in [0.2, 0.25) is 0 Å². The molecule has 0 unspecified atom stereocenters. The molecule has 6 heteroatoms. The van der Waals surface area contributed by atoms with Crippen molar-refractivity contribution in [1.29, 1.82) is 0 Å². The first kappa shape index (κ1) is 16.3. The minimum absolute atomic E-state index is 0.176. The lowest BCUT2D eigenvalue weighted by Gasteiger charge is -1.92. The van der Waals surface area contributed by atoms with Crippen molar-refractivity contribution >= 4 is 17.9 Å². The Morgan fingerprint density at radius 3 is 1.94 bits per heavy atom. The van der Waals surface area contributed by atoms with Gasteiger partial charge in [0.25, 0.3) is 0 Å². The Labute approximate surface area is 92.8 Å². The second kappa shape index (κ2) is 9.45. The van der Waals surface area contributed by atoms with E-state index in [2.05, 4.69) is 11.3 Å². The van der Waals surface area contributed by atoms with Gasteiger partial charge in [0.1, 0.15) is 0 Å². The molecule has 0 aliphatic heterocycles. The van der Waals surface area contributed by atoms with Gasteiger partial charge in [-0.05, 0) is 13.8 Å². The van der Waals surface area contributed by atoms with Crippen LogP contribution in [0.15, 0.2) is 24.3 Å². The Kier molecular flexibility index (Phi) is 9.64. The minimum Gasteiger partial charge on any atom is -0.478 e. The summed E-state index contributed by atoms with van der Waals surface area (Å²) in [5.74, 6) is -2.73. The molecule has 0 aliphatic carbocycles. The van der Waals surface area contributed by atoms with Crippen molar-refractivity contribution in [2.24, 2.45) is 0 Å². The molecule has 0 aliphatic rings. The highest BCUT2D eigenvalue weighted by atomic mass is 16.5. The molecule has 0 aromatic rings. The summed E-state index contributed by atoms with van der Waals surface area (Å²) in [5.41, 5.74) is 0.176. The van der Waals surface area contributed by atoms with E-state index in [1.165, 1.54) is 6.92 Å². The van der Waals surface area contributed by atoms with Gasteiger partial charge in [0.15, 0.2) is 0 Å². The lowest BCUT2D eigenvalue weighted by Crippen LogP contribution is -2.00. The van der Waals surface area contributed by atoms with Crippen molar-refractivity contribution in [3.05, 3.63) is 24.3 Å². The van der Waals surface area contributed by atoms with Crippen molar-refractivity contribution in [2.75, 3.05) is 6.61 Å². The van der Waals surface area contributed by atoms with E-state index < -0.39 is 17.9 Å². The van der Waals surface area contributed by atoms with Crippen LogP contribution in [0.3, 0.4) is 0 Å². The molecule has 0 atom stereocenters. The molecule has 0 spiro atoms. The summed E-state index contributed by atoms with van der Waals surface area (Å²) in [6.07, 6.45) is 1.60. The summed E-state index contributed by atoms with van der Waals surface area (Å²) in [6, 6.07) is 0. The number of carboxylic acids is 2. The maximum Gasteiger partial charge on any atom is 0.330 e. The van der Waals surface area contributed by atoms with Gasteiger partial charge >= 0.3 is 17.9 Å². The highest BCUT2D eigenvalue weighted by Crippen LogP contribution is 1.81. The van der Waals surface area contributed by atoms with Crippen LogP contribution < -0.4 is 0 Å². The Bertz CT molecular complexity index is 290. The summed E-state index contributed by atoms with van der Waals surface area (Å²) in [4.78, 5) is 29.8. The van der Waals surface area contributed by atoms with Gasteiger partial charge in [-0.15, -0.1) is 0 Å². The van der Waals surface area contributed by atoms with E-state index >= 15 is 0 Å². The predicted octanol–water partition coefficient (Wildman–Crippen LogP) is 0.837. The maximum atomic E-state index is 10.4. The van der Waals surface area contributed by atoms with Gasteiger partial charge in [-0.3, -0.25) is 0 Å². The largest absolute Gasteiger partial charge is 0.478 e. The number of hydrogen-bond acceptors (Lipinski definition) is 4. The van der Waals surface area contributed by atoms with Gasteiger partial charge in [-0.2, -0.15) is 0 Å². The summed E-state index contributed by atoms with van der Waals surface area (Å²) in [6.45, 7) is 6.50. The van der Waals surface area contributed by atoms with Gasteiger partial charge in [0.05, 0.1) is 6.61 Å². The number of ether oxygens (including phenoxy) is 1. The van der Waals surface area contributed by atoms with E-state index in [0.29, 0.717) is 0 Å². The minimum atomic E-state index is -1.16. The zero-order valence-corrected chi connectivity index (χ0v) is 9.10. The van der Waals surface area contributed by atoms with Crippen molar-refractivity contribution in [2.45, 2.75) is 13.8 Å². The molecule has 0 amide bonds. The zero-order chi connectivity index (χ0) is 13.1. The molecule has 0 fully saturated rings. The van der Waals surface area contributed by atoms with E-state index in [0.717, 1.165) is 12.2 Å². The topological polar surface area (TPSA) is 101 Å². The molecular formula is C10H14O6. The second-order valence-corrected chi connectivity index (χ2v) is 2.51. The molecule has 0 heterocycles. The predicted molar refractivity (Wildman–Crippen MR) is 55.9 cm³/mol. The molecule has 0 bridgehead atoms. The van der Waals surface area contributed by atoms with Crippen LogP contribution in [0.4, 0.5) is 0 Å². The fourth-order valence-electron chi connectivity index (χ4n) is 0.330. The van der Waals surface area contributed by atoms with Crippen molar-refractivity contribution in [3.63, 3.8) is 0 Å². The van der Waals surface area contributed by atoms with Crippen LogP contribution in [-0.2, 0) is 19.1 Å². The monoisotopic (exact) mass is 230 g/mol. The number of hydrogen-bond donors (Lipinski definition) is 2. The molecule has 0 aromatic carbocycles. The van der Waals surface area contributed by atoms with E-state index in [9.17, 15) is 14.4 Å². The normalized spacial score (nSPS) is 8.88. The Hall–Kier alpha value is -2.11. The molecular weight excluding hydrogens is 216 g/mol. The summed E-state index contributed by atoms with van der Waals surface area (Å²) in [7, 11) is 0. The molecule has 0 radical (unpaired) electrons. The smallest absolute Gasteiger partial charge is 0.330 e. The van der Waals surface area contributed by atoms with Crippen molar-refractivity contribution < 1.29 is 29.3 Å². The van der Waals surface area contributed by atoms with Gasteiger partial charge in [0, 0.05) is 17.7 Å². The first-order valence-electron chi connectivity index (χ1n) is 4.27. The third-order valence-electron chi connectivity index (χ3n) is 1.01. The lowest BCUT2D eigenvalue weighted by molar-refractivity contribution is -0.138. The zero-order valence-electron chi connectivity index (χ0n) is 9.10. The third kappa shape index (κ3) is 14.4. The van der Waals surface area contributed by atoms with Crippen LogP contribution >= 0.6 is 0 Å². The van der Waals surface area contributed by atoms with Gasteiger partial charge < -0.3 is 14.9 Å². The highest BCUT2D eigenvalue weighted by Gasteiger charge is 1.94. The molecule has 6 nitrogen and oxygen atoms in total. The third-order valence-corrected chi connectivity index (χ3v) is 1.01. The number of carbonyl (C=O) groups excluding carboxylic acids is 1. The number of carboxylic acid groups (broad SMARTS) is 2. The second-order valence-electron chi connectivity index (χ2n) is 2.51. The first-order valence-corrected chi connectivity index (χ1v) is 4.27. The SMILES string of the molecule is C=C(C)C(=O)O.CCOC(=O)C=CC(=O)O. The molecule has 0 saturated heterocycles. The average Bonchev–Trinajstić information content (AvgIpc) is 2.16. The van der Waals surface area contributed by atoms with Crippen molar-refractivity contribution in [3.8, 4) is 0 Å². The summed E-state index contributed by atoms with van der Waals surface area (Å²) in [5, 5.41) is 15.9. The Morgan fingerprint density at radius 1 is 1.25 bits per heavy atom. The number of esters is 1. The molecule has 16 heavy (non-hydrogen) atoms. The Morgan fingerprint density at radius 2 is 1.69 bits per heavy atom. The van der Waals surface area contributed by atoms with Crippen LogP contribution in [0.25, 0.3) is 0 Å². The van der Waals surface area contributed by atoms with E-state index in [1.807, 2.05) is 0 Å². The Balaban J connectivity index is 0. The van der Waals surface area contributed by atoms with Gasteiger partial charge in [-0.25, -0.2) is 14.4 Å². The fourth-order valence-corrected chi connectivity index (χ4v) is 0.330. The fraction of sp³-hybridized carbons (Fsp3) is 0.300. The molecule has 0 saturated carbocycles. The average molecular weight is 230 g/mol. The number of rotatable bonds is 4. The van der Waals surface area contributed by atoms with Crippen LogP contribution in [-0.4, -0.2) is 34.7 Å². The number of carbonyl (C=O) groups is 3. The molecule has 0 rings (SSSR count). The van der Waals surface area contributed by atoms with Crippen LogP contribution in [0, 0.1) is 0 Å². The van der Waals surface area contributed by atoms with E-state index in [4.69, 9.17) is 10.2 Å². The molecule has 90 valence electrons. The standard InChI is InChI=1S/C6H8O4.C4H6O2/c1-2-10-6(9)4-3-5(7)8;1-3(2)4(5)6/h3-4H,2H2,1H3,(H,7,8);1H2,2H3,(H,5,6). The van der Waals surface area contributed by atoms with E-state index in [-0.39, 0.29) is 12.2 Å². The van der Waals surface area contributed by atoms with Crippen LogP contribution in [0.1, 0.15) is 13.8 Å². The van der Waals surface area contributed by atoms with Crippen molar-refractivity contribution in [1.82, 2.24) is 0 Å². The summed E-state index contributed by atoms with van der Waals surface area (Å²) >= 11 is 0. The first-order chi connectivity index (χ1) is 7.31. The van der Waals surface area contributed by atoms with Crippen LogP contribution in [0.2, 0.25) is 0 Å². The van der Waals surface area contributed by atoms with E-state index in [1.54, 1.807) is 6.92 Å². The maximum absolute atomic E-state index is 10.4. The quantitative estimate of drug-likeness (QED) is 0.548. The van der Waals surface area contributed by atoms with Crippen LogP contribution in [0.5, 0.6) is 0 Å².